The number of nitrogens with zero attached hydrogens (tertiary/aromatic N) is 1. The van der Waals surface area contributed by atoms with E-state index in [2.05, 4.69) is 0 Å². The van der Waals surface area contributed by atoms with Crippen LogP contribution in [0, 0.1) is 5.82 Å². The summed E-state index contributed by atoms with van der Waals surface area (Å²) in [5, 5.41) is 0. The molecule has 0 aliphatic carbocycles. The van der Waals surface area contributed by atoms with E-state index in [0.717, 1.165) is 0 Å². The molecular weight excluding hydrogens is 277 g/mol. The van der Waals surface area contributed by atoms with Crippen LogP contribution in [0.15, 0.2) is 18.2 Å². The van der Waals surface area contributed by atoms with Crippen molar-refractivity contribution in [2.24, 2.45) is 0 Å². The summed E-state index contributed by atoms with van der Waals surface area (Å²) in [6, 6.07) is 4.52. The van der Waals surface area contributed by atoms with E-state index >= 15 is 0 Å². The van der Waals surface area contributed by atoms with Crippen molar-refractivity contribution < 1.29 is 12.8 Å². The minimum Gasteiger partial charge on any atom is -0.364 e. The van der Waals surface area contributed by atoms with Gasteiger partial charge in [0.2, 0.25) is 0 Å². The van der Waals surface area contributed by atoms with Gasteiger partial charge in [-0.2, -0.15) is 0 Å². The van der Waals surface area contributed by atoms with Crippen molar-refractivity contribution in [3.05, 3.63) is 29.6 Å². The van der Waals surface area contributed by atoms with Gasteiger partial charge in [-0.25, -0.2) is 12.8 Å². The predicted octanol–water partition coefficient (Wildman–Crippen LogP) is 2.19. The van der Waals surface area contributed by atoms with Gasteiger partial charge in [-0.1, -0.05) is 12.1 Å². The zero-order chi connectivity index (χ0) is 13.3. The Morgan fingerprint density at radius 1 is 1.50 bits per heavy atom. The van der Waals surface area contributed by atoms with Crippen molar-refractivity contribution in [1.29, 1.82) is 0 Å². The van der Waals surface area contributed by atoms with Gasteiger partial charge in [-0.05, 0) is 18.6 Å². The molecule has 1 fully saturated rings. The Morgan fingerprint density at radius 2 is 2.22 bits per heavy atom. The summed E-state index contributed by atoms with van der Waals surface area (Å²) >= 11 is 5.82. The summed E-state index contributed by atoms with van der Waals surface area (Å²) < 4.78 is 37.0. The molecule has 1 aliphatic heterocycles. The highest BCUT2D eigenvalue weighted by molar-refractivity contribution is 7.91. The van der Waals surface area contributed by atoms with Crippen molar-refractivity contribution in [2.75, 3.05) is 23.0 Å². The van der Waals surface area contributed by atoms with Crippen LogP contribution in [0.3, 0.4) is 0 Å². The summed E-state index contributed by atoms with van der Waals surface area (Å²) in [4.78, 5) is 1.80. The second-order valence-electron chi connectivity index (χ2n) is 4.54. The first-order valence-corrected chi connectivity index (χ1v) is 8.10. The number of hydrogen-bond acceptors (Lipinski definition) is 3. The van der Waals surface area contributed by atoms with Crippen LogP contribution in [-0.2, 0) is 15.7 Å². The van der Waals surface area contributed by atoms with Gasteiger partial charge in [-0.15, -0.1) is 11.6 Å². The maximum Gasteiger partial charge on any atom is 0.154 e. The molecule has 100 valence electrons. The topological polar surface area (TPSA) is 37.4 Å². The van der Waals surface area contributed by atoms with Crippen LogP contribution in [0.2, 0.25) is 0 Å². The van der Waals surface area contributed by atoms with E-state index < -0.39 is 9.84 Å². The quantitative estimate of drug-likeness (QED) is 0.784. The lowest BCUT2D eigenvalue weighted by molar-refractivity contribution is 0.558. The lowest BCUT2D eigenvalue weighted by atomic mass is 10.1. The van der Waals surface area contributed by atoms with Gasteiger partial charge in [-0.3, -0.25) is 0 Å². The minimum absolute atomic E-state index is 0.0586. The van der Waals surface area contributed by atoms with Crippen LogP contribution in [0.1, 0.15) is 12.5 Å². The number of sulfone groups is 1. The number of para-hydroxylation sites is 1. The lowest BCUT2D eigenvalue weighted by Gasteiger charge is -2.36. The van der Waals surface area contributed by atoms with Gasteiger partial charge in [0.05, 0.1) is 17.2 Å². The van der Waals surface area contributed by atoms with Crippen LogP contribution in [0.5, 0.6) is 0 Å². The molecule has 1 aliphatic rings. The van der Waals surface area contributed by atoms with Crippen molar-refractivity contribution in [3.8, 4) is 0 Å². The summed E-state index contributed by atoms with van der Waals surface area (Å²) in [7, 11) is -3.00. The molecule has 2 rings (SSSR count). The SMILES string of the molecule is CC1CS(=O)(=O)CCN1c1c(F)cccc1CCl. The Kier molecular flexibility index (Phi) is 3.82. The normalized spacial score (nSPS) is 23.1. The first-order valence-electron chi connectivity index (χ1n) is 5.75. The van der Waals surface area contributed by atoms with Crippen molar-refractivity contribution in [3.63, 3.8) is 0 Å². The van der Waals surface area contributed by atoms with E-state index in [1.54, 1.807) is 24.0 Å². The number of benzene rings is 1. The summed E-state index contributed by atoms with van der Waals surface area (Å²) in [5.41, 5.74) is 1.14. The van der Waals surface area contributed by atoms with Crippen LogP contribution >= 0.6 is 11.6 Å². The van der Waals surface area contributed by atoms with Crippen molar-refractivity contribution in [2.45, 2.75) is 18.8 Å². The highest BCUT2D eigenvalue weighted by Gasteiger charge is 2.30. The smallest absolute Gasteiger partial charge is 0.154 e. The standard InChI is InChI=1S/C12H15ClFNO2S/c1-9-8-18(16,17)6-5-15(9)12-10(7-13)3-2-4-11(12)14/h2-4,9H,5-8H2,1H3. The van der Waals surface area contributed by atoms with E-state index in [4.69, 9.17) is 11.6 Å². The molecular formula is C12H15ClFNO2S. The van der Waals surface area contributed by atoms with Crippen molar-refractivity contribution in [1.82, 2.24) is 0 Å². The maximum atomic E-state index is 13.9. The van der Waals surface area contributed by atoms with E-state index in [1.165, 1.54) is 6.07 Å². The molecule has 0 aromatic heterocycles. The molecule has 1 atom stereocenters. The first kappa shape index (κ1) is 13.6. The zero-order valence-corrected chi connectivity index (χ0v) is 11.6. The van der Waals surface area contributed by atoms with Gasteiger partial charge in [0, 0.05) is 18.5 Å². The fourth-order valence-corrected chi connectivity index (χ4v) is 4.09. The molecule has 6 heteroatoms. The van der Waals surface area contributed by atoms with Gasteiger partial charge < -0.3 is 4.90 Å². The molecule has 1 saturated heterocycles. The molecule has 0 N–H and O–H groups in total. The molecule has 0 bridgehead atoms. The Balaban J connectivity index is 2.38. The number of rotatable bonds is 2. The van der Waals surface area contributed by atoms with Crippen LogP contribution in [-0.4, -0.2) is 32.5 Å². The Bertz CT molecular complexity index is 547. The van der Waals surface area contributed by atoms with Gasteiger partial charge >= 0.3 is 0 Å². The van der Waals surface area contributed by atoms with E-state index in [0.29, 0.717) is 17.8 Å². The molecule has 1 unspecified atom stereocenters. The monoisotopic (exact) mass is 291 g/mol. The molecule has 0 amide bonds. The van der Waals surface area contributed by atoms with Crippen LogP contribution in [0.25, 0.3) is 0 Å². The van der Waals surface area contributed by atoms with E-state index in [1.807, 2.05) is 0 Å². The third kappa shape index (κ3) is 2.62. The number of alkyl halides is 1. The largest absolute Gasteiger partial charge is 0.364 e. The van der Waals surface area contributed by atoms with E-state index in [-0.39, 0.29) is 29.2 Å². The van der Waals surface area contributed by atoms with Gasteiger partial charge in [0.15, 0.2) is 9.84 Å². The number of halogens is 2. The first-order chi connectivity index (χ1) is 8.44. The Morgan fingerprint density at radius 3 is 2.83 bits per heavy atom. The van der Waals surface area contributed by atoms with E-state index in [9.17, 15) is 12.8 Å². The minimum atomic E-state index is -3.00. The summed E-state index contributed by atoms with van der Waals surface area (Å²) in [5.74, 6) is -0.0150. The predicted molar refractivity (Wildman–Crippen MR) is 71.4 cm³/mol. The number of hydrogen-bond donors (Lipinski definition) is 0. The van der Waals surface area contributed by atoms with Gasteiger partial charge in [0.1, 0.15) is 5.82 Å². The maximum absolute atomic E-state index is 13.9. The van der Waals surface area contributed by atoms with Crippen molar-refractivity contribution >= 4 is 27.1 Å². The highest BCUT2D eigenvalue weighted by Crippen LogP contribution is 2.29. The highest BCUT2D eigenvalue weighted by atomic mass is 35.5. The fourth-order valence-electron chi connectivity index (χ4n) is 2.32. The zero-order valence-electron chi connectivity index (χ0n) is 10.1. The molecule has 3 nitrogen and oxygen atoms in total. The molecule has 18 heavy (non-hydrogen) atoms. The second kappa shape index (κ2) is 5.05. The Labute approximate surface area is 111 Å². The summed E-state index contributed by atoms with van der Waals surface area (Å²) in [6.45, 7) is 2.11. The number of anilines is 1. The molecule has 0 saturated carbocycles. The average molecular weight is 292 g/mol. The third-order valence-electron chi connectivity index (χ3n) is 3.17. The fraction of sp³-hybridized carbons (Fsp3) is 0.500. The summed E-state index contributed by atoms with van der Waals surface area (Å²) in [6.07, 6.45) is 0. The molecule has 1 aromatic rings. The average Bonchev–Trinajstić information content (AvgIpc) is 2.29. The van der Waals surface area contributed by atoms with Gasteiger partial charge in [0.25, 0.3) is 0 Å². The molecule has 0 spiro atoms. The Hall–Kier alpha value is -0.810. The van der Waals surface area contributed by atoms with Crippen LogP contribution < -0.4 is 4.90 Å². The molecule has 1 heterocycles. The molecule has 0 radical (unpaired) electrons. The second-order valence-corrected chi connectivity index (χ2v) is 7.03. The lowest BCUT2D eigenvalue weighted by Crippen LogP contribution is -2.47. The third-order valence-corrected chi connectivity index (χ3v) is 5.25. The van der Waals surface area contributed by atoms with Crippen LogP contribution in [0.4, 0.5) is 10.1 Å². The molecule has 1 aromatic carbocycles.